The number of nitrogens with one attached hydrogen (secondary N) is 1. The van der Waals surface area contributed by atoms with Crippen molar-refractivity contribution in [3.63, 3.8) is 0 Å². The van der Waals surface area contributed by atoms with Gasteiger partial charge in [-0.15, -0.1) is 0 Å². The van der Waals surface area contributed by atoms with Gasteiger partial charge in [0.2, 0.25) is 5.78 Å². The summed E-state index contributed by atoms with van der Waals surface area (Å²) in [7, 11) is 0. The molecule has 1 unspecified atom stereocenters. The van der Waals surface area contributed by atoms with E-state index >= 15 is 0 Å². The van der Waals surface area contributed by atoms with Crippen molar-refractivity contribution < 1.29 is 18.7 Å². The van der Waals surface area contributed by atoms with Crippen molar-refractivity contribution in [1.82, 2.24) is 14.6 Å². The molecular weight excluding hydrogens is 509 g/mol. The number of ketones is 1. The van der Waals surface area contributed by atoms with Crippen LogP contribution in [0.5, 0.6) is 0 Å². The molecule has 1 saturated carbocycles. The molecule has 0 amide bonds. The fourth-order valence-corrected chi connectivity index (χ4v) is 6.25. The molecule has 2 saturated heterocycles. The normalized spacial score (nSPS) is 24.6. The quantitative estimate of drug-likeness (QED) is 0.295. The van der Waals surface area contributed by atoms with E-state index in [1.54, 1.807) is 16.7 Å². The summed E-state index contributed by atoms with van der Waals surface area (Å²) in [6.45, 7) is 3.54. The predicted octanol–water partition coefficient (Wildman–Crippen LogP) is 5.87. The molecule has 4 heterocycles. The van der Waals surface area contributed by atoms with Gasteiger partial charge in [0, 0.05) is 19.3 Å². The third-order valence-corrected chi connectivity index (χ3v) is 8.35. The highest BCUT2D eigenvalue weighted by molar-refractivity contribution is 6.49. The highest BCUT2D eigenvalue weighted by Gasteiger charge is 2.30. The zero-order chi connectivity index (χ0) is 27.6. The first-order valence-electron chi connectivity index (χ1n) is 14.4. The molecule has 0 radical (unpaired) electrons. The minimum Gasteiger partial charge on any atom is -0.353 e. The zero-order valence-corrected chi connectivity index (χ0v) is 22.9. The van der Waals surface area contributed by atoms with Gasteiger partial charge in [-0.05, 0) is 100 Å². The van der Waals surface area contributed by atoms with Crippen LogP contribution in [0.25, 0.3) is 5.65 Å². The summed E-state index contributed by atoms with van der Waals surface area (Å²) in [6.07, 6.45) is 13.3. The predicted molar refractivity (Wildman–Crippen MR) is 150 cm³/mol. The van der Waals surface area contributed by atoms with Crippen LogP contribution >= 0.6 is 0 Å². The van der Waals surface area contributed by atoms with E-state index in [0.717, 1.165) is 87.0 Å². The SMILES string of the molecule is Cc1ccc(F)cc1[C@H]1CCCN1c1ccn2ncc(C(=N)C(=O)/C=C3/CCC[C@H](OC4CCCCO4)C3)c2n1. The van der Waals surface area contributed by atoms with Crippen LogP contribution in [-0.2, 0) is 14.3 Å². The highest BCUT2D eigenvalue weighted by Crippen LogP contribution is 2.37. The van der Waals surface area contributed by atoms with Gasteiger partial charge in [0.25, 0.3) is 0 Å². The molecule has 210 valence electrons. The third-order valence-electron chi connectivity index (χ3n) is 8.35. The molecule has 2 aliphatic heterocycles. The number of halogens is 1. The number of rotatable bonds is 7. The van der Waals surface area contributed by atoms with Crippen molar-refractivity contribution in [2.75, 3.05) is 18.1 Å². The third kappa shape index (κ3) is 5.58. The molecule has 1 aromatic carbocycles. The van der Waals surface area contributed by atoms with Crippen LogP contribution in [0.15, 0.2) is 48.3 Å². The van der Waals surface area contributed by atoms with Crippen LogP contribution in [0.1, 0.15) is 80.5 Å². The van der Waals surface area contributed by atoms with Crippen LogP contribution in [0.4, 0.5) is 10.2 Å². The topological polar surface area (TPSA) is 92.8 Å². The summed E-state index contributed by atoms with van der Waals surface area (Å²) >= 11 is 0. The summed E-state index contributed by atoms with van der Waals surface area (Å²) in [5.41, 5.74) is 3.77. The van der Waals surface area contributed by atoms with Gasteiger partial charge >= 0.3 is 0 Å². The van der Waals surface area contributed by atoms with E-state index in [1.165, 1.54) is 12.3 Å². The number of allylic oxidation sites excluding steroid dienone is 1. The van der Waals surface area contributed by atoms with Gasteiger partial charge in [-0.25, -0.2) is 13.9 Å². The Morgan fingerprint density at radius 3 is 2.92 bits per heavy atom. The van der Waals surface area contributed by atoms with E-state index < -0.39 is 0 Å². The molecule has 6 rings (SSSR count). The zero-order valence-electron chi connectivity index (χ0n) is 22.9. The van der Waals surface area contributed by atoms with E-state index in [0.29, 0.717) is 17.6 Å². The Hall–Kier alpha value is -3.43. The van der Waals surface area contributed by atoms with Crippen molar-refractivity contribution in [2.24, 2.45) is 0 Å². The van der Waals surface area contributed by atoms with E-state index in [2.05, 4.69) is 10.00 Å². The number of aryl methyl sites for hydroxylation is 1. The average Bonchev–Trinajstić information content (AvgIpc) is 3.62. The Morgan fingerprint density at radius 2 is 2.08 bits per heavy atom. The number of ether oxygens (including phenoxy) is 2. The Labute approximate surface area is 233 Å². The molecule has 1 aliphatic carbocycles. The van der Waals surface area contributed by atoms with Crippen molar-refractivity contribution in [3.05, 3.63) is 70.8 Å². The second-order valence-electron chi connectivity index (χ2n) is 11.2. The standard InChI is InChI=1S/C31H36FN5O3/c1-20-10-11-22(32)18-24(20)26-8-5-13-36(26)28-12-14-37-31(35-28)25(19-34-37)30(33)27(38)17-21-6-4-7-23(16-21)40-29-9-2-3-15-39-29/h10-12,14,17-19,23,26,29,33H,2-9,13,15-16H2,1H3/b21-17-,33-30?/t23-,26+,29?/m0/s1. The van der Waals surface area contributed by atoms with Gasteiger partial charge in [-0.2, -0.15) is 5.10 Å². The number of hydrogen-bond acceptors (Lipinski definition) is 7. The number of nitrogens with zero attached hydrogens (tertiary/aromatic N) is 4. The molecular formula is C31H36FN5O3. The van der Waals surface area contributed by atoms with Gasteiger partial charge < -0.3 is 14.4 Å². The monoisotopic (exact) mass is 545 g/mol. The van der Waals surface area contributed by atoms with Crippen LogP contribution in [0.3, 0.4) is 0 Å². The lowest BCUT2D eigenvalue weighted by Gasteiger charge is -2.30. The number of benzene rings is 1. The maximum Gasteiger partial charge on any atom is 0.204 e. The lowest BCUT2D eigenvalue weighted by molar-refractivity contribution is -0.190. The van der Waals surface area contributed by atoms with Crippen LogP contribution in [-0.4, -0.2) is 51.6 Å². The molecule has 3 atom stereocenters. The average molecular weight is 546 g/mol. The number of anilines is 1. The lowest BCUT2D eigenvalue weighted by atomic mass is 9.90. The summed E-state index contributed by atoms with van der Waals surface area (Å²) in [4.78, 5) is 20.3. The van der Waals surface area contributed by atoms with Gasteiger partial charge in [0.1, 0.15) is 17.3 Å². The molecule has 9 heteroatoms. The fourth-order valence-electron chi connectivity index (χ4n) is 6.25. The minimum absolute atomic E-state index is 0.0170. The van der Waals surface area contributed by atoms with Gasteiger partial charge in [0.05, 0.1) is 23.9 Å². The molecule has 8 nitrogen and oxygen atoms in total. The molecule has 0 bridgehead atoms. The number of aromatic nitrogens is 3. The van der Waals surface area contributed by atoms with Crippen LogP contribution in [0.2, 0.25) is 0 Å². The number of hydrogen-bond donors (Lipinski definition) is 1. The van der Waals surface area contributed by atoms with Crippen molar-refractivity contribution in [1.29, 1.82) is 5.41 Å². The van der Waals surface area contributed by atoms with Crippen molar-refractivity contribution in [3.8, 4) is 0 Å². The summed E-state index contributed by atoms with van der Waals surface area (Å²) in [6, 6.07) is 6.83. The maximum atomic E-state index is 14.1. The summed E-state index contributed by atoms with van der Waals surface area (Å²) in [5.74, 6) is 0.144. The number of fused-ring (bicyclic) bond motifs is 1. The Morgan fingerprint density at radius 1 is 1.18 bits per heavy atom. The Kier molecular flexibility index (Phi) is 7.76. The first-order chi connectivity index (χ1) is 19.5. The molecule has 3 aromatic rings. The van der Waals surface area contributed by atoms with Gasteiger partial charge in [-0.3, -0.25) is 10.2 Å². The molecule has 3 fully saturated rings. The molecule has 40 heavy (non-hydrogen) atoms. The Balaban J connectivity index is 1.20. The fraction of sp³-hybridized carbons (Fsp3) is 0.484. The molecule has 0 spiro atoms. The van der Waals surface area contributed by atoms with Crippen molar-refractivity contribution >= 4 is 23.0 Å². The van der Waals surface area contributed by atoms with Crippen LogP contribution in [0, 0.1) is 18.2 Å². The first kappa shape index (κ1) is 26.8. The largest absolute Gasteiger partial charge is 0.353 e. The smallest absolute Gasteiger partial charge is 0.204 e. The van der Waals surface area contributed by atoms with Crippen molar-refractivity contribution in [2.45, 2.75) is 83.1 Å². The van der Waals surface area contributed by atoms with E-state index in [4.69, 9.17) is 19.9 Å². The number of carbonyl (C=O) groups excluding carboxylic acids is 1. The van der Waals surface area contributed by atoms with E-state index in [1.807, 2.05) is 25.3 Å². The molecule has 3 aliphatic rings. The van der Waals surface area contributed by atoms with Gasteiger partial charge in [0.15, 0.2) is 11.9 Å². The minimum atomic E-state index is -0.346. The lowest BCUT2D eigenvalue weighted by Crippen LogP contribution is -2.29. The van der Waals surface area contributed by atoms with E-state index in [-0.39, 0.29) is 35.7 Å². The summed E-state index contributed by atoms with van der Waals surface area (Å²) in [5, 5.41) is 13.1. The second-order valence-corrected chi connectivity index (χ2v) is 11.2. The summed E-state index contributed by atoms with van der Waals surface area (Å²) < 4.78 is 27.6. The first-order valence-corrected chi connectivity index (χ1v) is 14.4. The number of carbonyl (C=O) groups is 1. The molecule has 1 N–H and O–H groups in total. The highest BCUT2D eigenvalue weighted by atomic mass is 19.1. The maximum absolute atomic E-state index is 14.1. The van der Waals surface area contributed by atoms with Crippen LogP contribution < -0.4 is 4.90 Å². The molecule has 2 aromatic heterocycles. The van der Waals surface area contributed by atoms with Gasteiger partial charge in [-0.1, -0.05) is 11.6 Å². The second kappa shape index (κ2) is 11.6. The Bertz CT molecular complexity index is 1440. The van der Waals surface area contributed by atoms with E-state index in [9.17, 15) is 9.18 Å².